The Kier molecular flexibility index (Phi) is 4.04. The number of alkyl halides is 1. The lowest BCUT2D eigenvalue weighted by atomic mass is 10.4. The SMILES string of the molecule is C=C(C)C[Si](C)(C)CI. The van der Waals surface area contributed by atoms with E-state index in [4.69, 9.17) is 0 Å². The summed E-state index contributed by atoms with van der Waals surface area (Å²) in [6, 6.07) is 1.29. The van der Waals surface area contributed by atoms with Crippen molar-refractivity contribution in [3.8, 4) is 0 Å². The van der Waals surface area contributed by atoms with Crippen molar-refractivity contribution in [3.63, 3.8) is 0 Å². The first-order valence-electron chi connectivity index (χ1n) is 3.18. The van der Waals surface area contributed by atoms with Gasteiger partial charge in [-0.25, -0.2) is 0 Å². The molecule has 0 radical (unpaired) electrons. The molecule has 0 spiro atoms. The number of hydrogen-bond donors (Lipinski definition) is 0. The zero-order chi connectivity index (χ0) is 7.49. The van der Waals surface area contributed by atoms with Crippen molar-refractivity contribution in [1.29, 1.82) is 0 Å². The third-order valence-corrected chi connectivity index (χ3v) is 9.62. The minimum atomic E-state index is -0.853. The van der Waals surface area contributed by atoms with Gasteiger partial charge in [0.25, 0.3) is 0 Å². The van der Waals surface area contributed by atoms with Gasteiger partial charge in [0.05, 0.1) is 8.07 Å². The maximum absolute atomic E-state index is 3.92. The lowest BCUT2D eigenvalue weighted by molar-refractivity contribution is 1.33. The van der Waals surface area contributed by atoms with E-state index in [0.717, 1.165) is 0 Å². The summed E-state index contributed by atoms with van der Waals surface area (Å²) in [6.45, 7) is 10.9. The van der Waals surface area contributed by atoms with Crippen LogP contribution in [0.4, 0.5) is 0 Å². The van der Waals surface area contributed by atoms with Crippen molar-refractivity contribution in [2.45, 2.75) is 26.1 Å². The lowest BCUT2D eigenvalue weighted by Gasteiger charge is -2.18. The molecule has 0 fully saturated rings. The largest absolute Gasteiger partial charge is 0.100 e. The fraction of sp³-hybridized carbons (Fsp3) is 0.714. The Morgan fingerprint density at radius 1 is 1.56 bits per heavy atom. The molecule has 0 saturated heterocycles. The van der Waals surface area contributed by atoms with Gasteiger partial charge in [0.2, 0.25) is 0 Å². The standard InChI is InChI=1S/C7H15ISi/c1-7(2)5-9(3,4)6-8/h1,5-6H2,2-4H3. The number of hydrogen-bond acceptors (Lipinski definition) is 0. The molecule has 0 saturated carbocycles. The Morgan fingerprint density at radius 3 is 2.11 bits per heavy atom. The van der Waals surface area contributed by atoms with E-state index >= 15 is 0 Å². The fourth-order valence-corrected chi connectivity index (χ4v) is 3.40. The molecular weight excluding hydrogens is 239 g/mol. The maximum Gasteiger partial charge on any atom is 0.0617 e. The summed E-state index contributed by atoms with van der Waals surface area (Å²) in [6.07, 6.45) is 0. The first-order chi connectivity index (χ1) is 3.98. The summed E-state index contributed by atoms with van der Waals surface area (Å²) in [5.74, 6) is 0. The average Bonchev–Trinajstić information content (AvgIpc) is 1.63. The summed E-state index contributed by atoms with van der Waals surface area (Å²) in [5, 5.41) is 0. The van der Waals surface area contributed by atoms with Crippen molar-refractivity contribution < 1.29 is 0 Å². The normalized spacial score (nSPS) is 11.6. The Balaban J connectivity index is 3.71. The van der Waals surface area contributed by atoms with Crippen LogP contribution < -0.4 is 0 Å². The van der Waals surface area contributed by atoms with Crippen LogP contribution in [0.25, 0.3) is 0 Å². The summed E-state index contributed by atoms with van der Waals surface area (Å²) < 4.78 is 1.34. The van der Waals surface area contributed by atoms with Gasteiger partial charge >= 0.3 is 0 Å². The monoisotopic (exact) mass is 254 g/mol. The Bertz CT molecular complexity index is 107. The fourth-order valence-electron chi connectivity index (χ4n) is 0.864. The van der Waals surface area contributed by atoms with E-state index in [-0.39, 0.29) is 0 Å². The molecule has 0 aliphatic carbocycles. The van der Waals surface area contributed by atoms with Gasteiger partial charge < -0.3 is 0 Å². The second-order valence-corrected chi connectivity index (χ2v) is 10.7. The summed E-state index contributed by atoms with van der Waals surface area (Å²) in [5.41, 5.74) is 1.35. The van der Waals surface area contributed by atoms with Gasteiger partial charge in [-0.1, -0.05) is 41.3 Å². The van der Waals surface area contributed by atoms with Crippen LogP contribution in [-0.4, -0.2) is 12.1 Å². The third kappa shape index (κ3) is 5.15. The smallest absolute Gasteiger partial charge is 0.0617 e. The minimum Gasteiger partial charge on any atom is -0.100 e. The molecule has 0 atom stereocenters. The Hall–Kier alpha value is 0.687. The van der Waals surface area contributed by atoms with Crippen molar-refractivity contribution in [2.75, 3.05) is 4.05 Å². The van der Waals surface area contributed by atoms with Gasteiger partial charge in [-0.2, -0.15) is 0 Å². The highest BCUT2D eigenvalue weighted by atomic mass is 127. The van der Waals surface area contributed by atoms with Crippen LogP contribution in [0.1, 0.15) is 6.92 Å². The van der Waals surface area contributed by atoms with Crippen LogP contribution >= 0.6 is 22.6 Å². The van der Waals surface area contributed by atoms with Crippen LogP contribution in [0.5, 0.6) is 0 Å². The van der Waals surface area contributed by atoms with Gasteiger partial charge in [-0.15, -0.1) is 6.58 Å². The van der Waals surface area contributed by atoms with E-state index in [1.807, 2.05) is 0 Å². The number of allylic oxidation sites excluding steroid dienone is 1. The molecule has 0 aromatic rings. The molecule has 0 unspecified atom stereocenters. The van der Waals surface area contributed by atoms with E-state index in [0.29, 0.717) is 0 Å². The predicted molar refractivity (Wildman–Crippen MR) is 56.0 cm³/mol. The van der Waals surface area contributed by atoms with Crippen LogP contribution in [0.3, 0.4) is 0 Å². The zero-order valence-electron chi connectivity index (χ0n) is 6.50. The first-order valence-corrected chi connectivity index (χ1v) is 8.12. The van der Waals surface area contributed by atoms with E-state index in [2.05, 4.69) is 49.2 Å². The Morgan fingerprint density at radius 2 is 2.00 bits per heavy atom. The molecule has 0 heterocycles. The molecule has 0 amide bonds. The number of halogens is 1. The molecule has 0 aliphatic rings. The molecule has 0 rings (SSSR count). The van der Waals surface area contributed by atoms with Crippen LogP contribution in [0, 0.1) is 0 Å². The van der Waals surface area contributed by atoms with E-state index in [9.17, 15) is 0 Å². The van der Waals surface area contributed by atoms with Gasteiger partial charge in [0.1, 0.15) is 0 Å². The van der Waals surface area contributed by atoms with Crippen molar-refractivity contribution in [2.24, 2.45) is 0 Å². The molecule has 54 valence electrons. The van der Waals surface area contributed by atoms with E-state index in [1.54, 1.807) is 0 Å². The van der Waals surface area contributed by atoms with Gasteiger partial charge in [0.15, 0.2) is 0 Å². The second-order valence-electron chi connectivity index (χ2n) is 3.43. The molecule has 9 heavy (non-hydrogen) atoms. The van der Waals surface area contributed by atoms with Crippen LogP contribution in [0.15, 0.2) is 12.2 Å². The molecule has 0 nitrogen and oxygen atoms in total. The topological polar surface area (TPSA) is 0 Å². The molecule has 0 N–H and O–H groups in total. The molecule has 0 aromatic heterocycles. The van der Waals surface area contributed by atoms with Gasteiger partial charge in [-0.3, -0.25) is 0 Å². The number of rotatable bonds is 3. The van der Waals surface area contributed by atoms with Crippen molar-refractivity contribution in [1.82, 2.24) is 0 Å². The van der Waals surface area contributed by atoms with Gasteiger partial charge in [0, 0.05) is 0 Å². The van der Waals surface area contributed by atoms with Gasteiger partial charge in [-0.05, 0) is 17.0 Å². The highest BCUT2D eigenvalue weighted by Crippen LogP contribution is 2.16. The lowest BCUT2D eigenvalue weighted by Crippen LogP contribution is -2.27. The van der Waals surface area contributed by atoms with Crippen molar-refractivity contribution >= 4 is 30.7 Å². The van der Waals surface area contributed by atoms with Crippen LogP contribution in [-0.2, 0) is 0 Å². The summed E-state index contributed by atoms with van der Waals surface area (Å²) in [7, 11) is -0.853. The predicted octanol–water partition coefficient (Wildman–Crippen LogP) is 3.25. The van der Waals surface area contributed by atoms with Crippen LogP contribution in [0.2, 0.25) is 19.1 Å². The zero-order valence-corrected chi connectivity index (χ0v) is 9.66. The summed E-state index contributed by atoms with van der Waals surface area (Å²) in [4.78, 5) is 0. The molecule has 0 aromatic carbocycles. The molecule has 0 bridgehead atoms. The molecular formula is C7H15ISi. The Labute approximate surface area is 72.9 Å². The highest BCUT2D eigenvalue weighted by Gasteiger charge is 2.17. The quantitative estimate of drug-likeness (QED) is 0.314. The molecule has 0 aliphatic heterocycles. The first kappa shape index (κ1) is 9.69. The second kappa shape index (κ2) is 3.76. The maximum atomic E-state index is 3.92. The third-order valence-electron chi connectivity index (χ3n) is 1.14. The highest BCUT2D eigenvalue weighted by molar-refractivity contribution is 14.1. The molecule has 2 heteroatoms. The average molecular weight is 254 g/mol. The van der Waals surface area contributed by atoms with Crippen molar-refractivity contribution in [3.05, 3.63) is 12.2 Å². The van der Waals surface area contributed by atoms with E-state index < -0.39 is 8.07 Å². The van der Waals surface area contributed by atoms with E-state index in [1.165, 1.54) is 15.7 Å². The minimum absolute atomic E-state index is 0.853. The summed E-state index contributed by atoms with van der Waals surface area (Å²) >= 11 is 2.48.